The van der Waals surface area contributed by atoms with E-state index in [9.17, 15) is 13.8 Å². The quantitative estimate of drug-likeness (QED) is 0.319. The van der Waals surface area contributed by atoms with Crippen molar-refractivity contribution < 1.29 is 23.3 Å². The molecule has 4 N–H and O–H groups in total. The molecule has 0 aromatic heterocycles. The van der Waals surface area contributed by atoms with E-state index in [1.165, 1.54) is 0 Å². The van der Waals surface area contributed by atoms with Crippen LogP contribution < -0.4 is 25.4 Å². The Hall–Kier alpha value is -3.00. The summed E-state index contributed by atoms with van der Waals surface area (Å²) in [5, 5.41) is 27.5. The molecular formula is C22H27FN4O4S. The predicted octanol–water partition coefficient (Wildman–Crippen LogP) is 3.10. The highest BCUT2D eigenvalue weighted by Crippen LogP contribution is 2.17. The molecule has 0 radical (unpaired) electrons. The SMILES string of the molecule is N#Cc1ccccc1OCC(O)CNCCNC(=O)Nc1ccc(OCCCSF)cc1. The van der Waals surface area contributed by atoms with Crippen molar-refractivity contribution >= 4 is 23.9 Å². The average Bonchev–Trinajstić information content (AvgIpc) is 2.81. The minimum absolute atomic E-state index is 0.0497. The van der Waals surface area contributed by atoms with Crippen LogP contribution in [0.3, 0.4) is 0 Å². The molecule has 0 aliphatic rings. The Balaban J connectivity index is 1.55. The molecule has 32 heavy (non-hydrogen) atoms. The third-order valence-corrected chi connectivity index (χ3v) is 4.60. The van der Waals surface area contributed by atoms with E-state index in [1.54, 1.807) is 48.5 Å². The molecule has 0 saturated heterocycles. The number of hydrogen-bond donors (Lipinski definition) is 4. The maximum Gasteiger partial charge on any atom is 0.319 e. The van der Waals surface area contributed by atoms with E-state index in [-0.39, 0.29) is 19.2 Å². The number of nitriles is 1. The summed E-state index contributed by atoms with van der Waals surface area (Å²) in [5.74, 6) is 1.49. The van der Waals surface area contributed by atoms with Gasteiger partial charge in [0.15, 0.2) is 0 Å². The maximum atomic E-state index is 12.0. The van der Waals surface area contributed by atoms with Gasteiger partial charge in [0.2, 0.25) is 0 Å². The van der Waals surface area contributed by atoms with E-state index in [2.05, 4.69) is 16.0 Å². The summed E-state index contributed by atoms with van der Waals surface area (Å²) in [6, 6.07) is 15.4. The third-order valence-electron chi connectivity index (χ3n) is 4.15. The zero-order chi connectivity index (χ0) is 23.0. The molecule has 172 valence electrons. The van der Waals surface area contributed by atoms with Gasteiger partial charge in [0, 0.05) is 43.2 Å². The fourth-order valence-electron chi connectivity index (χ4n) is 2.58. The number of amides is 2. The Bertz CT molecular complexity index is 864. The van der Waals surface area contributed by atoms with Gasteiger partial charge < -0.3 is 30.5 Å². The van der Waals surface area contributed by atoms with Crippen molar-refractivity contribution in [1.29, 1.82) is 5.26 Å². The molecule has 0 aliphatic heterocycles. The summed E-state index contributed by atoms with van der Waals surface area (Å²) >= 11 is 0.293. The van der Waals surface area contributed by atoms with Gasteiger partial charge in [0.25, 0.3) is 0 Å². The first-order valence-corrected chi connectivity index (χ1v) is 11.0. The third kappa shape index (κ3) is 9.87. The Kier molecular flexibility index (Phi) is 11.8. The standard InChI is InChI=1S/C22H27FN4O4S/c23-32-13-3-12-30-20-8-6-18(7-9-20)27-22(29)26-11-10-25-15-19(28)16-31-21-5-2-1-4-17(21)14-24/h1-2,4-9,19,25,28H,3,10-13,15-16H2,(H2,26,27,29). The number of nitrogens with one attached hydrogen (secondary N) is 3. The Morgan fingerprint density at radius 3 is 2.69 bits per heavy atom. The summed E-state index contributed by atoms with van der Waals surface area (Å²) < 4.78 is 22.9. The number of hydrogen-bond acceptors (Lipinski definition) is 7. The van der Waals surface area contributed by atoms with E-state index >= 15 is 0 Å². The number of benzene rings is 2. The summed E-state index contributed by atoms with van der Waals surface area (Å²) in [6.07, 6.45) is -0.136. The van der Waals surface area contributed by atoms with Crippen LogP contribution in [-0.4, -0.2) is 55.8 Å². The molecule has 2 aromatic carbocycles. The molecule has 0 spiro atoms. The number of aliphatic hydroxyl groups is 1. The number of nitrogens with zero attached hydrogens (tertiary/aromatic N) is 1. The van der Waals surface area contributed by atoms with Crippen LogP contribution in [0.15, 0.2) is 48.5 Å². The Morgan fingerprint density at radius 2 is 1.94 bits per heavy atom. The number of halogens is 1. The first-order valence-electron chi connectivity index (χ1n) is 10.1. The second kappa shape index (κ2) is 14.9. The van der Waals surface area contributed by atoms with Gasteiger partial charge in [-0.1, -0.05) is 12.1 Å². The molecule has 0 bridgehead atoms. The monoisotopic (exact) mass is 462 g/mol. The van der Waals surface area contributed by atoms with Crippen LogP contribution in [0.25, 0.3) is 0 Å². The van der Waals surface area contributed by atoms with Crippen LogP contribution in [0.2, 0.25) is 0 Å². The minimum Gasteiger partial charge on any atom is -0.494 e. The van der Waals surface area contributed by atoms with E-state index in [1.807, 2.05) is 6.07 Å². The molecule has 0 fully saturated rings. The number of rotatable bonds is 14. The van der Waals surface area contributed by atoms with Gasteiger partial charge >= 0.3 is 6.03 Å². The van der Waals surface area contributed by atoms with E-state index in [0.29, 0.717) is 66.8 Å². The van der Waals surface area contributed by atoms with E-state index < -0.39 is 6.10 Å². The van der Waals surface area contributed by atoms with Crippen LogP contribution in [0, 0.1) is 11.3 Å². The van der Waals surface area contributed by atoms with Crippen molar-refractivity contribution in [3.05, 3.63) is 54.1 Å². The number of para-hydroxylation sites is 1. The number of carbonyl (C=O) groups excluding carboxylic acids is 1. The smallest absolute Gasteiger partial charge is 0.319 e. The van der Waals surface area contributed by atoms with Gasteiger partial charge in [-0.05, 0) is 42.8 Å². The average molecular weight is 463 g/mol. The molecule has 8 nitrogen and oxygen atoms in total. The summed E-state index contributed by atoms with van der Waals surface area (Å²) in [5.41, 5.74) is 1.03. The predicted molar refractivity (Wildman–Crippen MR) is 123 cm³/mol. The number of anilines is 1. The van der Waals surface area contributed by atoms with Gasteiger partial charge in [-0.15, -0.1) is 0 Å². The van der Waals surface area contributed by atoms with Gasteiger partial charge in [-0.3, -0.25) is 0 Å². The molecule has 2 amide bonds. The van der Waals surface area contributed by atoms with Crippen molar-refractivity contribution in [3.8, 4) is 17.6 Å². The molecule has 0 saturated carbocycles. The molecule has 1 atom stereocenters. The lowest BCUT2D eigenvalue weighted by Gasteiger charge is -2.14. The van der Waals surface area contributed by atoms with Gasteiger partial charge in [0.1, 0.15) is 30.3 Å². The minimum atomic E-state index is -0.757. The van der Waals surface area contributed by atoms with Crippen LogP contribution >= 0.6 is 12.1 Å². The highest BCUT2D eigenvalue weighted by Gasteiger charge is 2.08. The zero-order valence-corrected chi connectivity index (χ0v) is 18.4. The van der Waals surface area contributed by atoms with Crippen molar-refractivity contribution in [1.82, 2.24) is 10.6 Å². The lowest BCUT2D eigenvalue weighted by molar-refractivity contribution is 0.106. The van der Waals surface area contributed by atoms with Crippen LogP contribution in [0.4, 0.5) is 14.4 Å². The van der Waals surface area contributed by atoms with Gasteiger partial charge in [-0.2, -0.15) is 9.15 Å². The molecule has 1 unspecified atom stereocenters. The largest absolute Gasteiger partial charge is 0.494 e. The molecule has 0 heterocycles. The Morgan fingerprint density at radius 1 is 1.16 bits per heavy atom. The second-order valence-corrected chi connectivity index (χ2v) is 7.32. The molecule has 0 aliphatic carbocycles. The summed E-state index contributed by atoms with van der Waals surface area (Å²) in [7, 11) is 0. The van der Waals surface area contributed by atoms with E-state index in [0.717, 1.165) is 0 Å². The van der Waals surface area contributed by atoms with Crippen LogP contribution in [-0.2, 0) is 0 Å². The number of ether oxygens (including phenoxy) is 2. The van der Waals surface area contributed by atoms with Crippen LogP contribution in [0.1, 0.15) is 12.0 Å². The lowest BCUT2D eigenvalue weighted by Crippen LogP contribution is -2.38. The molecule has 2 rings (SSSR count). The number of aliphatic hydroxyl groups excluding tert-OH is 1. The molecule has 10 heteroatoms. The molecule has 2 aromatic rings. The van der Waals surface area contributed by atoms with Gasteiger partial charge in [0.05, 0.1) is 12.2 Å². The number of urea groups is 1. The Labute approximate surface area is 191 Å². The normalized spacial score (nSPS) is 11.3. The first kappa shape index (κ1) is 25.3. The molecular weight excluding hydrogens is 435 g/mol. The van der Waals surface area contributed by atoms with Crippen molar-refractivity contribution in [3.63, 3.8) is 0 Å². The lowest BCUT2D eigenvalue weighted by atomic mass is 10.2. The highest BCUT2D eigenvalue weighted by molar-refractivity contribution is 7.94. The summed E-state index contributed by atoms with van der Waals surface area (Å²) in [6.45, 7) is 1.59. The van der Waals surface area contributed by atoms with E-state index in [4.69, 9.17) is 14.7 Å². The first-order chi connectivity index (χ1) is 15.6. The number of carbonyl (C=O) groups is 1. The second-order valence-electron chi connectivity index (χ2n) is 6.70. The zero-order valence-electron chi connectivity index (χ0n) is 17.6. The highest BCUT2D eigenvalue weighted by atomic mass is 32.2. The van der Waals surface area contributed by atoms with Crippen LogP contribution in [0.5, 0.6) is 11.5 Å². The topological polar surface area (TPSA) is 116 Å². The van der Waals surface area contributed by atoms with Crippen molar-refractivity contribution in [2.45, 2.75) is 12.5 Å². The van der Waals surface area contributed by atoms with Gasteiger partial charge in [-0.25, -0.2) is 4.79 Å². The fraction of sp³-hybridized carbons (Fsp3) is 0.364. The van der Waals surface area contributed by atoms with Crippen molar-refractivity contribution in [2.75, 3.05) is 43.9 Å². The summed E-state index contributed by atoms with van der Waals surface area (Å²) in [4.78, 5) is 11.9. The fourth-order valence-corrected chi connectivity index (χ4v) is 2.80. The maximum absolute atomic E-state index is 12.0. The van der Waals surface area contributed by atoms with Crippen molar-refractivity contribution in [2.24, 2.45) is 0 Å².